The Morgan fingerprint density at radius 1 is 1.28 bits per heavy atom. The molecule has 1 aliphatic rings. The molecule has 2 aromatic heterocycles. The second-order valence-electron chi connectivity index (χ2n) is 5.74. The van der Waals surface area contributed by atoms with E-state index in [1.807, 2.05) is 6.92 Å². The summed E-state index contributed by atoms with van der Waals surface area (Å²) in [5.41, 5.74) is 5.70. The van der Waals surface area contributed by atoms with Gasteiger partial charge in [-0.1, -0.05) is 6.07 Å². The van der Waals surface area contributed by atoms with Gasteiger partial charge in [0.2, 0.25) is 0 Å². The van der Waals surface area contributed by atoms with Crippen molar-refractivity contribution in [3.8, 4) is 11.1 Å². The summed E-state index contributed by atoms with van der Waals surface area (Å²) in [5.74, 6) is 0. The maximum Gasteiger partial charge on any atom is 0.261 e. The quantitative estimate of drug-likeness (QED) is 0.396. The predicted molar refractivity (Wildman–Crippen MR) is 114 cm³/mol. The molecule has 0 fully saturated rings. The Bertz CT molecular complexity index is 875. The normalized spacial score (nSPS) is 16.5. The van der Waals surface area contributed by atoms with Crippen LogP contribution in [0.3, 0.4) is 0 Å². The number of hydrogen-bond donors (Lipinski definition) is 2. The van der Waals surface area contributed by atoms with Crippen molar-refractivity contribution in [1.29, 1.82) is 0 Å². The molecule has 1 aromatic carbocycles. The highest BCUT2D eigenvalue weighted by molar-refractivity contribution is 8.02. The molecule has 4 rings (SSSR count). The number of benzene rings is 1. The number of anilines is 2. The van der Waals surface area contributed by atoms with Crippen LogP contribution in [0.5, 0.6) is 0 Å². The van der Waals surface area contributed by atoms with Crippen LogP contribution in [-0.2, 0) is 11.2 Å². The van der Waals surface area contributed by atoms with Crippen LogP contribution in [0, 0.1) is 0 Å². The Hall–Kier alpha value is -1.54. The molecule has 0 radical (unpaired) electrons. The van der Waals surface area contributed by atoms with Crippen LogP contribution in [0.15, 0.2) is 50.7 Å². The molecule has 0 saturated heterocycles. The van der Waals surface area contributed by atoms with Crippen molar-refractivity contribution in [3.05, 3.63) is 52.0 Å². The van der Waals surface area contributed by atoms with Crippen molar-refractivity contribution in [2.45, 2.75) is 23.7 Å². The molecule has 7 heteroatoms. The van der Waals surface area contributed by atoms with E-state index >= 15 is 0 Å². The molecule has 2 N–H and O–H groups in total. The molecule has 3 nitrogen and oxygen atoms in total. The third-order valence-corrected chi connectivity index (χ3v) is 6.64. The highest BCUT2D eigenvalue weighted by Gasteiger charge is 2.21. The lowest BCUT2D eigenvalue weighted by atomic mass is 9.99. The molecule has 3 aromatic rings. The SMILES string of the molecule is CC1Cc2c(NSc3cccs3)cc(-c3ccsc3)cc2NC(=S)O1. The second kappa shape index (κ2) is 7.37. The zero-order valence-corrected chi connectivity index (χ0v) is 16.7. The third-order valence-electron chi connectivity index (χ3n) is 3.90. The number of ether oxygens (including phenoxy) is 1. The minimum Gasteiger partial charge on any atom is -0.467 e. The van der Waals surface area contributed by atoms with Gasteiger partial charge >= 0.3 is 0 Å². The fraction of sp³-hybridized carbons (Fsp3) is 0.167. The molecule has 128 valence electrons. The van der Waals surface area contributed by atoms with Crippen LogP contribution in [-0.4, -0.2) is 11.3 Å². The molecule has 0 bridgehead atoms. The first kappa shape index (κ1) is 16.9. The van der Waals surface area contributed by atoms with E-state index in [9.17, 15) is 0 Å². The summed E-state index contributed by atoms with van der Waals surface area (Å²) in [5, 5.41) is 10.0. The number of hydrogen-bond acceptors (Lipinski definition) is 6. The van der Waals surface area contributed by atoms with Crippen molar-refractivity contribution in [1.82, 2.24) is 0 Å². The van der Waals surface area contributed by atoms with E-state index in [0.29, 0.717) is 5.17 Å². The number of thiocarbonyl (C=S) groups is 1. The van der Waals surface area contributed by atoms with Gasteiger partial charge in [-0.2, -0.15) is 11.3 Å². The van der Waals surface area contributed by atoms with E-state index in [2.05, 4.69) is 56.5 Å². The Morgan fingerprint density at radius 3 is 2.96 bits per heavy atom. The van der Waals surface area contributed by atoms with E-state index in [4.69, 9.17) is 17.0 Å². The summed E-state index contributed by atoms with van der Waals surface area (Å²) in [7, 11) is 0. The number of rotatable bonds is 4. The van der Waals surface area contributed by atoms with Crippen LogP contribution < -0.4 is 10.0 Å². The van der Waals surface area contributed by atoms with E-state index < -0.39 is 0 Å². The van der Waals surface area contributed by atoms with Gasteiger partial charge in [-0.3, -0.25) is 0 Å². The smallest absolute Gasteiger partial charge is 0.261 e. The monoisotopic (exact) mass is 404 g/mol. The van der Waals surface area contributed by atoms with Crippen LogP contribution >= 0.6 is 46.8 Å². The maximum atomic E-state index is 5.72. The zero-order chi connectivity index (χ0) is 17.2. The highest BCUT2D eigenvalue weighted by atomic mass is 32.2. The Labute approximate surface area is 164 Å². The maximum absolute atomic E-state index is 5.72. The summed E-state index contributed by atoms with van der Waals surface area (Å²) in [4.78, 5) is 0. The van der Waals surface area contributed by atoms with Gasteiger partial charge in [0.25, 0.3) is 5.17 Å². The van der Waals surface area contributed by atoms with Crippen LogP contribution in [0.1, 0.15) is 12.5 Å². The van der Waals surface area contributed by atoms with Crippen molar-refractivity contribution >= 4 is 63.4 Å². The molecule has 0 aliphatic carbocycles. The lowest BCUT2D eigenvalue weighted by Gasteiger charge is -2.16. The largest absolute Gasteiger partial charge is 0.467 e. The van der Waals surface area contributed by atoms with Gasteiger partial charge in [-0.05, 0) is 82.6 Å². The first-order valence-electron chi connectivity index (χ1n) is 7.82. The zero-order valence-electron chi connectivity index (χ0n) is 13.4. The minimum absolute atomic E-state index is 0.0422. The summed E-state index contributed by atoms with van der Waals surface area (Å²) >= 11 is 10.4. The highest BCUT2D eigenvalue weighted by Crippen LogP contribution is 2.38. The van der Waals surface area contributed by atoms with E-state index in [-0.39, 0.29) is 6.10 Å². The number of thiophene rings is 2. The topological polar surface area (TPSA) is 33.3 Å². The van der Waals surface area contributed by atoms with Crippen LogP contribution in [0.2, 0.25) is 0 Å². The van der Waals surface area contributed by atoms with E-state index in [1.165, 1.54) is 20.9 Å². The number of fused-ring (bicyclic) bond motifs is 1. The molecular formula is C18H16N2OS4. The third kappa shape index (κ3) is 3.84. The minimum atomic E-state index is 0.0422. The molecule has 25 heavy (non-hydrogen) atoms. The summed E-state index contributed by atoms with van der Waals surface area (Å²) < 4.78 is 10.5. The van der Waals surface area contributed by atoms with Gasteiger partial charge in [0.1, 0.15) is 6.10 Å². The Balaban J connectivity index is 1.75. The van der Waals surface area contributed by atoms with Gasteiger partial charge in [-0.25, -0.2) is 0 Å². The molecule has 1 aliphatic heterocycles. The summed E-state index contributed by atoms with van der Waals surface area (Å²) in [6, 6.07) is 10.7. The molecule has 0 saturated carbocycles. The molecular weight excluding hydrogens is 388 g/mol. The van der Waals surface area contributed by atoms with Gasteiger partial charge in [0.05, 0.1) is 9.90 Å². The first-order valence-corrected chi connectivity index (χ1v) is 10.9. The van der Waals surface area contributed by atoms with Gasteiger partial charge in [0, 0.05) is 17.7 Å². The van der Waals surface area contributed by atoms with Crippen LogP contribution in [0.25, 0.3) is 11.1 Å². The first-order chi connectivity index (χ1) is 12.2. The molecule has 1 unspecified atom stereocenters. The van der Waals surface area contributed by atoms with Gasteiger partial charge in [-0.15, -0.1) is 11.3 Å². The van der Waals surface area contributed by atoms with Crippen molar-refractivity contribution in [3.63, 3.8) is 0 Å². The molecule has 0 amide bonds. The Kier molecular flexibility index (Phi) is 4.98. The Morgan fingerprint density at radius 2 is 2.20 bits per heavy atom. The van der Waals surface area contributed by atoms with E-state index in [1.54, 1.807) is 34.6 Å². The fourth-order valence-electron chi connectivity index (χ4n) is 2.77. The lowest BCUT2D eigenvalue weighted by molar-refractivity contribution is 0.217. The predicted octanol–water partition coefficient (Wildman–Crippen LogP) is 6.25. The van der Waals surface area contributed by atoms with Crippen molar-refractivity contribution in [2.24, 2.45) is 0 Å². The number of nitrogens with one attached hydrogen (secondary N) is 2. The summed E-state index contributed by atoms with van der Waals surface area (Å²) in [6.45, 7) is 2.05. The molecule has 1 atom stereocenters. The van der Waals surface area contributed by atoms with Crippen molar-refractivity contribution in [2.75, 3.05) is 10.0 Å². The molecule has 0 spiro atoms. The standard InChI is InChI=1S/C18H16N2OS4/c1-11-7-14-15(19-18(22)21-11)8-13(12-4-6-23-10-12)9-16(14)20-25-17-3-2-5-24-17/h2-6,8-11,20H,7H2,1H3,(H,19,22). The van der Waals surface area contributed by atoms with Crippen molar-refractivity contribution < 1.29 is 4.74 Å². The van der Waals surface area contributed by atoms with Gasteiger partial charge in [0.15, 0.2) is 0 Å². The van der Waals surface area contributed by atoms with Crippen LogP contribution in [0.4, 0.5) is 11.4 Å². The molecule has 3 heterocycles. The second-order valence-corrected chi connectivity index (χ2v) is 8.95. The van der Waals surface area contributed by atoms with Gasteiger partial charge < -0.3 is 14.8 Å². The average Bonchev–Trinajstić information content (AvgIpc) is 3.25. The summed E-state index contributed by atoms with van der Waals surface area (Å²) in [6.07, 6.45) is 0.847. The fourth-order valence-corrected chi connectivity index (χ4v) is 5.18. The van der Waals surface area contributed by atoms with E-state index in [0.717, 1.165) is 17.8 Å². The average molecular weight is 405 g/mol. The lowest BCUT2D eigenvalue weighted by Crippen LogP contribution is -2.16.